The number of carbonyl (C=O) groups excluding carboxylic acids is 3. The molecule has 10 nitrogen and oxygen atoms in total. The highest BCUT2D eigenvalue weighted by Crippen LogP contribution is 2.22. The molecule has 12 heteroatoms. The Morgan fingerprint density at radius 3 is 2.43 bits per heavy atom. The number of ether oxygens (including phenoxy) is 1. The van der Waals surface area contributed by atoms with Crippen LogP contribution in [0.4, 0.5) is 0 Å². The van der Waals surface area contributed by atoms with E-state index in [0.717, 1.165) is 6.42 Å². The second-order valence-corrected chi connectivity index (χ2v) is 8.73. The van der Waals surface area contributed by atoms with Gasteiger partial charge in [-0.05, 0) is 31.4 Å². The molecule has 2 N–H and O–H groups in total. The first-order valence-electron chi connectivity index (χ1n) is 9.06. The van der Waals surface area contributed by atoms with Gasteiger partial charge in [0.2, 0.25) is 12.0 Å². The zero-order chi connectivity index (χ0) is 21.2. The van der Waals surface area contributed by atoms with Crippen molar-refractivity contribution in [1.29, 1.82) is 0 Å². The molecule has 2 atom stereocenters. The molecule has 1 aliphatic heterocycles. The largest absolute Gasteiger partial charge is 0.464 e. The molecule has 0 aliphatic carbocycles. The highest BCUT2D eigenvalue weighted by molar-refractivity contribution is 7.99. The van der Waals surface area contributed by atoms with E-state index in [1.165, 1.54) is 11.8 Å². The molecule has 0 bridgehead atoms. The quantitative estimate of drug-likeness (QED) is 0.317. The molecule has 1 saturated heterocycles. The number of hydrogen-bond acceptors (Lipinski definition) is 9. The molecular formula is C16H28N2O8S2. The van der Waals surface area contributed by atoms with E-state index in [2.05, 4.69) is 32.8 Å². The maximum Gasteiger partial charge on any atom is 0.401 e. The van der Waals surface area contributed by atoms with Gasteiger partial charge in [-0.3, -0.25) is 9.59 Å². The molecule has 1 rings (SSSR count). The van der Waals surface area contributed by atoms with Crippen molar-refractivity contribution in [1.82, 2.24) is 10.6 Å². The summed E-state index contributed by atoms with van der Waals surface area (Å²) in [5.74, 6) is -0.315. The van der Waals surface area contributed by atoms with Crippen molar-refractivity contribution >= 4 is 39.9 Å². The van der Waals surface area contributed by atoms with Crippen LogP contribution in [0.15, 0.2) is 0 Å². The van der Waals surface area contributed by atoms with Crippen LogP contribution in [0.5, 0.6) is 0 Å². The van der Waals surface area contributed by atoms with Gasteiger partial charge in [-0.1, -0.05) is 13.8 Å². The Morgan fingerprint density at radius 2 is 1.79 bits per heavy atom. The van der Waals surface area contributed by atoms with Crippen LogP contribution in [0.1, 0.15) is 33.6 Å². The summed E-state index contributed by atoms with van der Waals surface area (Å²) in [4.78, 5) is 35.5. The molecule has 1 fully saturated rings. The third-order valence-corrected chi connectivity index (χ3v) is 5.47. The third kappa shape index (κ3) is 9.22. The SMILES string of the molecule is CCOC(=O)[C@H]1OS(=O)(=O)O[C@@H]1C(=O)NCCCSCC(=O)NCCC(C)C. The van der Waals surface area contributed by atoms with E-state index in [4.69, 9.17) is 4.74 Å². The molecule has 1 aliphatic rings. The molecule has 0 spiro atoms. The Kier molecular flexibility index (Phi) is 10.8. The number of carbonyl (C=O) groups is 3. The number of amides is 2. The van der Waals surface area contributed by atoms with Crippen molar-refractivity contribution in [2.45, 2.75) is 45.8 Å². The Hall–Kier alpha value is -1.37. The Labute approximate surface area is 169 Å². The topological polar surface area (TPSA) is 137 Å². The van der Waals surface area contributed by atoms with Crippen LogP contribution in [-0.2, 0) is 37.9 Å². The van der Waals surface area contributed by atoms with E-state index < -0.39 is 34.5 Å². The molecule has 28 heavy (non-hydrogen) atoms. The van der Waals surface area contributed by atoms with Crippen LogP contribution in [0.3, 0.4) is 0 Å². The fourth-order valence-corrected chi connectivity index (χ4v) is 3.85. The van der Waals surface area contributed by atoms with Gasteiger partial charge in [-0.25, -0.2) is 13.2 Å². The molecule has 0 unspecified atom stereocenters. The standard InChI is InChI=1S/C16H28N2O8S2/c1-4-24-16(21)14-13(25-28(22,23)26-14)15(20)18-7-5-9-27-10-12(19)17-8-6-11(2)3/h11,13-14H,4-10H2,1-3H3,(H,17,19)(H,18,20)/t13-,14-/m0/s1. The van der Waals surface area contributed by atoms with Crippen molar-refractivity contribution < 1.29 is 35.9 Å². The number of thioether (sulfide) groups is 1. The number of hydrogen-bond donors (Lipinski definition) is 2. The highest BCUT2D eigenvalue weighted by Gasteiger charge is 2.49. The Balaban J connectivity index is 2.26. The molecule has 0 aromatic rings. The second kappa shape index (κ2) is 12.2. The summed E-state index contributed by atoms with van der Waals surface area (Å²) in [6, 6.07) is 0. The van der Waals surface area contributed by atoms with E-state index in [9.17, 15) is 22.8 Å². The highest BCUT2D eigenvalue weighted by atomic mass is 32.3. The van der Waals surface area contributed by atoms with Crippen LogP contribution in [-0.4, -0.2) is 69.6 Å². The maximum atomic E-state index is 12.1. The lowest BCUT2D eigenvalue weighted by Gasteiger charge is -2.13. The molecule has 0 radical (unpaired) electrons. The van der Waals surface area contributed by atoms with Crippen LogP contribution in [0, 0.1) is 5.92 Å². The fraction of sp³-hybridized carbons (Fsp3) is 0.812. The van der Waals surface area contributed by atoms with E-state index >= 15 is 0 Å². The van der Waals surface area contributed by atoms with E-state index in [1.54, 1.807) is 6.92 Å². The minimum absolute atomic E-state index is 0.00928. The van der Waals surface area contributed by atoms with Crippen molar-refractivity contribution in [3.63, 3.8) is 0 Å². The first-order chi connectivity index (χ1) is 13.2. The monoisotopic (exact) mass is 440 g/mol. The van der Waals surface area contributed by atoms with Gasteiger partial charge >= 0.3 is 16.4 Å². The predicted molar refractivity (Wildman–Crippen MR) is 103 cm³/mol. The van der Waals surface area contributed by atoms with Crippen molar-refractivity contribution in [3.05, 3.63) is 0 Å². The Morgan fingerprint density at radius 1 is 1.11 bits per heavy atom. The smallest absolute Gasteiger partial charge is 0.401 e. The van der Waals surface area contributed by atoms with E-state index in [1.807, 2.05) is 0 Å². The normalized spacial score (nSPS) is 20.7. The number of nitrogens with one attached hydrogen (secondary N) is 2. The van der Waals surface area contributed by atoms with Gasteiger partial charge in [0.1, 0.15) is 0 Å². The second-order valence-electron chi connectivity index (χ2n) is 6.42. The van der Waals surface area contributed by atoms with Crippen LogP contribution >= 0.6 is 11.8 Å². The van der Waals surface area contributed by atoms with Gasteiger partial charge < -0.3 is 15.4 Å². The summed E-state index contributed by atoms with van der Waals surface area (Å²) in [6.07, 6.45) is -1.80. The lowest BCUT2D eigenvalue weighted by Crippen LogP contribution is -2.44. The predicted octanol–water partition coefficient (Wildman–Crippen LogP) is -0.0199. The zero-order valence-electron chi connectivity index (χ0n) is 16.3. The average molecular weight is 441 g/mol. The summed E-state index contributed by atoms with van der Waals surface area (Å²) in [5.41, 5.74) is 0. The summed E-state index contributed by atoms with van der Waals surface area (Å²) in [6.45, 7) is 6.61. The Bertz CT molecular complexity index is 639. The van der Waals surface area contributed by atoms with E-state index in [0.29, 0.717) is 30.4 Å². The lowest BCUT2D eigenvalue weighted by atomic mass is 10.1. The molecule has 2 amide bonds. The molecule has 1 heterocycles. The summed E-state index contributed by atoms with van der Waals surface area (Å²) in [5, 5.41) is 5.33. The van der Waals surface area contributed by atoms with Gasteiger partial charge in [0.15, 0.2) is 6.10 Å². The van der Waals surface area contributed by atoms with Crippen LogP contribution in [0.2, 0.25) is 0 Å². The van der Waals surface area contributed by atoms with Gasteiger partial charge in [-0.2, -0.15) is 20.2 Å². The lowest BCUT2D eigenvalue weighted by molar-refractivity contribution is -0.155. The zero-order valence-corrected chi connectivity index (χ0v) is 17.9. The molecule has 0 aromatic heterocycles. The number of rotatable bonds is 12. The van der Waals surface area contributed by atoms with E-state index in [-0.39, 0.29) is 19.1 Å². The minimum Gasteiger partial charge on any atom is -0.464 e. The maximum absolute atomic E-state index is 12.1. The van der Waals surface area contributed by atoms with Crippen LogP contribution in [0.25, 0.3) is 0 Å². The summed E-state index contributed by atoms with van der Waals surface area (Å²) < 4.78 is 36.5. The van der Waals surface area contributed by atoms with Gasteiger partial charge in [0.05, 0.1) is 12.4 Å². The minimum atomic E-state index is -4.43. The van der Waals surface area contributed by atoms with Crippen molar-refractivity contribution in [2.75, 3.05) is 31.2 Å². The summed E-state index contributed by atoms with van der Waals surface area (Å²) >= 11 is 1.43. The first kappa shape index (κ1) is 24.7. The number of esters is 1. The van der Waals surface area contributed by atoms with Crippen molar-refractivity contribution in [2.24, 2.45) is 5.92 Å². The molecular weight excluding hydrogens is 412 g/mol. The molecule has 0 aromatic carbocycles. The summed E-state index contributed by atoms with van der Waals surface area (Å²) in [7, 11) is -4.43. The van der Waals surface area contributed by atoms with Crippen LogP contribution < -0.4 is 10.6 Å². The first-order valence-corrected chi connectivity index (χ1v) is 11.6. The molecule has 0 saturated carbocycles. The average Bonchev–Trinajstić information content (AvgIpc) is 2.93. The van der Waals surface area contributed by atoms with Gasteiger partial charge in [0, 0.05) is 13.1 Å². The van der Waals surface area contributed by atoms with Crippen molar-refractivity contribution in [3.8, 4) is 0 Å². The fourth-order valence-electron chi connectivity index (χ4n) is 2.15. The van der Waals surface area contributed by atoms with Gasteiger partial charge in [0.25, 0.3) is 5.91 Å². The van der Waals surface area contributed by atoms with Gasteiger partial charge in [-0.15, -0.1) is 0 Å². The molecule has 162 valence electrons. The third-order valence-electron chi connectivity index (χ3n) is 3.54.